The highest BCUT2D eigenvalue weighted by atomic mass is 32.2. The summed E-state index contributed by atoms with van der Waals surface area (Å²) in [6.45, 7) is 9.66. The Bertz CT molecular complexity index is 853. The van der Waals surface area contributed by atoms with Gasteiger partial charge >= 0.3 is 5.97 Å². The first-order chi connectivity index (χ1) is 14.6. The van der Waals surface area contributed by atoms with Crippen LogP contribution < -0.4 is 5.32 Å². The molecule has 1 N–H and O–H groups in total. The van der Waals surface area contributed by atoms with Crippen molar-refractivity contribution in [2.24, 2.45) is 5.92 Å². The lowest BCUT2D eigenvalue weighted by Gasteiger charge is -2.34. The third kappa shape index (κ3) is 6.95. The van der Waals surface area contributed by atoms with E-state index in [2.05, 4.69) is 5.32 Å². The van der Waals surface area contributed by atoms with Gasteiger partial charge in [-0.05, 0) is 50.3 Å². The highest BCUT2D eigenvalue weighted by Gasteiger charge is 2.39. The molecule has 31 heavy (non-hydrogen) atoms. The van der Waals surface area contributed by atoms with Crippen LogP contribution in [0.3, 0.4) is 0 Å². The molecule has 0 aliphatic carbocycles. The van der Waals surface area contributed by atoms with E-state index < -0.39 is 34.0 Å². The third-order valence-corrected chi connectivity index (χ3v) is 7.93. The van der Waals surface area contributed by atoms with Crippen molar-refractivity contribution in [3.05, 3.63) is 29.8 Å². The number of sulfonamides is 1. The zero-order chi connectivity index (χ0) is 23.2. The Morgan fingerprint density at radius 1 is 1.19 bits per heavy atom. The topological polar surface area (TPSA) is 92.8 Å². The Hall–Kier alpha value is -1.58. The molecule has 2 rings (SSSR count). The zero-order valence-corrected chi connectivity index (χ0v) is 20.6. The summed E-state index contributed by atoms with van der Waals surface area (Å²) in [6, 6.07) is 5.08. The van der Waals surface area contributed by atoms with Crippen molar-refractivity contribution in [2.75, 3.05) is 18.1 Å². The zero-order valence-electron chi connectivity index (χ0n) is 19.0. The van der Waals surface area contributed by atoms with Gasteiger partial charge in [0.2, 0.25) is 15.9 Å². The number of nitrogens with zero attached hydrogens (tertiary/aromatic N) is 1. The summed E-state index contributed by atoms with van der Waals surface area (Å²) in [5, 5.41) is 2.76. The van der Waals surface area contributed by atoms with Gasteiger partial charge in [0.05, 0.1) is 11.0 Å². The Labute approximate surface area is 190 Å². The predicted molar refractivity (Wildman–Crippen MR) is 123 cm³/mol. The van der Waals surface area contributed by atoms with Gasteiger partial charge in [-0.3, -0.25) is 4.79 Å². The van der Waals surface area contributed by atoms with Gasteiger partial charge in [-0.15, -0.1) is 0 Å². The van der Waals surface area contributed by atoms with Crippen LogP contribution in [0.2, 0.25) is 0 Å². The van der Waals surface area contributed by atoms with E-state index in [4.69, 9.17) is 4.74 Å². The molecule has 1 saturated heterocycles. The number of hydrogen-bond acceptors (Lipinski definition) is 6. The van der Waals surface area contributed by atoms with E-state index in [1.165, 1.54) is 16.1 Å². The molecule has 9 heteroatoms. The lowest BCUT2D eigenvalue weighted by Crippen LogP contribution is -2.56. The number of esters is 1. The molecule has 1 aliphatic heterocycles. The number of thioether (sulfide) groups is 1. The molecule has 1 heterocycles. The van der Waals surface area contributed by atoms with E-state index >= 15 is 0 Å². The van der Waals surface area contributed by atoms with E-state index in [-0.39, 0.29) is 23.5 Å². The molecule has 0 bridgehead atoms. The molecule has 174 valence electrons. The monoisotopic (exact) mass is 470 g/mol. The number of carbonyl (C=O) groups excluding carboxylic acids is 2. The fraction of sp³-hybridized carbons (Fsp3) is 0.636. The maximum atomic E-state index is 13.3. The summed E-state index contributed by atoms with van der Waals surface area (Å²) >= 11 is 1.53. The third-order valence-electron chi connectivity index (χ3n) is 4.98. The molecule has 1 aromatic rings. The number of carbonyl (C=O) groups is 2. The van der Waals surface area contributed by atoms with Gasteiger partial charge < -0.3 is 10.1 Å². The first kappa shape index (κ1) is 25.7. The van der Waals surface area contributed by atoms with E-state index in [1.54, 1.807) is 38.1 Å². The van der Waals surface area contributed by atoms with Crippen molar-refractivity contribution in [3.63, 3.8) is 0 Å². The Balaban J connectivity index is 2.24. The van der Waals surface area contributed by atoms with Crippen LogP contribution in [0, 0.1) is 5.92 Å². The molecule has 0 unspecified atom stereocenters. The van der Waals surface area contributed by atoms with E-state index in [0.717, 1.165) is 12.0 Å². The summed E-state index contributed by atoms with van der Waals surface area (Å²) in [6.07, 6.45) is 0.935. The fourth-order valence-corrected chi connectivity index (χ4v) is 6.23. The fourth-order valence-electron chi connectivity index (χ4n) is 3.38. The van der Waals surface area contributed by atoms with Crippen LogP contribution in [-0.2, 0) is 30.8 Å². The van der Waals surface area contributed by atoms with Crippen LogP contribution in [0.15, 0.2) is 29.2 Å². The first-order valence-electron chi connectivity index (χ1n) is 10.8. The molecule has 0 radical (unpaired) electrons. The Morgan fingerprint density at radius 3 is 2.39 bits per heavy atom. The van der Waals surface area contributed by atoms with Crippen LogP contribution >= 0.6 is 11.8 Å². The number of benzene rings is 1. The van der Waals surface area contributed by atoms with E-state index in [0.29, 0.717) is 17.9 Å². The molecular formula is C22H34N2O5S2. The van der Waals surface area contributed by atoms with Crippen LogP contribution in [-0.4, -0.2) is 60.8 Å². The molecule has 1 aliphatic rings. The Morgan fingerprint density at radius 2 is 1.84 bits per heavy atom. The molecule has 0 aromatic heterocycles. The number of aryl methyl sites for hydroxylation is 1. The number of nitrogens with one attached hydrogen (secondary N) is 1. The standard InChI is InChI=1S/C22H34N2O5S2/c1-6-17-7-9-18(10-8-17)31(27,28)24-11-12-30-14-20(24)21(25)23-19(13-15(2)3)22(26)29-16(4)5/h7-10,15-16,19-20H,6,11-14H2,1-5H3,(H,23,25)/t19-,20+/m1/s1. The van der Waals surface area contributed by atoms with Crippen molar-refractivity contribution in [2.45, 2.75) is 70.5 Å². The summed E-state index contributed by atoms with van der Waals surface area (Å²) in [5.41, 5.74) is 1.04. The molecule has 2 atom stereocenters. The normalized spacial score (nSPS) is 18.7. The van der Waals surface area contributed by atoms with Crippen LogP contribution in [0.1, 0.15) is 46.6 Å². The van der Waals surface area contributed by atoms with Gasteiger partial charge in [-0.1, -0.05) is 32.9 Å². The maximum absolute atomic E-state index is 13.3. The number of hydrogen-bond donors (Lipinski definition) is 1. The molecule has 0 spiro atoms. The first-order valence-corrected chi connectivity index (χ1v) is 13.3. The highest BCUT2D eigenvalue weighted by Crippen LogP contribution is 2.25. The predicted octanol–water partition coefficient (Wildman–Crippen LogP) is 2.84. The summed E-state index contributed by atoms with van der Waals surface area (Å²) < 4.78 is 33.1. The SMILES string of the molecule is CCc1ccc(S(=O)(=O)N2CCSC[C@H]2C(=O)N[C@H](CC(C)C)C(=O)OC(C)C)cc1. The van der Waals surface area contributed by atoms with Crippen LogP contribution in [0.5, 0.6) is 0 Å². The molecule has 1 fully saturated rings. The second-order valence-electron chi connectivity index (χ2n) is 8.38. The van der Waals surface area contributed by atoms with Gasteiger partial charge in [0.25, 0.3) is 0 Å². The van der Waals surface area contributed by atoms with Crippen molar-refractivity contribution in [1.29, 1.82) is 0 Å². The molecule has 1 aromatic carbocycles. The smallest absolute Gasteiger partial charge is 0.328 e. The van der Waals surface area contributed by atoms with Crippen molar-refractivity contribution in [3.8, 4) is 0 Å². The van der Waals surface area contributed by atoms with Crippen molar-refractivity contribution >= 4 is 33.7 Å². The number of rotatable bonds is 9. The maximum Gasteiger partial charge on any atom is 0.328 e. The van der Waals surface area contributed by atoms with Crippen LogP contribution in [0.25, 0.3) is 0 Å². The summed E-state index contributed by atoms with van der Waals surface area (Å²) in [7, 11) is -3.84. The molecule has 0 saturated carbocycles. The summed E-state index contributed by atoms with van der Waals surface area (Å²) in [4.78, 5) is 25.8. The van der Waals surface area contributed by atoms with Gasteiger partial charge in [0.1, 0.15) is 12.1 Å². The minimum absolute atomic E-state index is 0.155. The number of ether oxygens (including phenoxy) is 1. The number of amides is 1. The van der Waals surface area contributed by atoms with Crippen molar-refractivity contribution < 1.29 is 22.7 Å². The Kier molecular flexibility index (Phi) is 9.39. The minimum atomic E-state index is -3.84. The minimum Gasteiger partial charge on any atom is -0.461 e. The quantitative estimate of drug-likeness (QED) is 0.558. The molecule has 7 nitrogen and oxygen atoms in total. The second kappa shape index (κ2) is 11.3. The highest BCUT2D eigenvalue weighted by molar-refractivity contribution is 7.99. The average Bonchev–Trinajstić information content (AvgIpc) is 2.72. The lowest BCUT2D eigenvalue weighted by molar-refractivity contribution is -0.152. The average molecular weight is 471 g/mol. The van der Waals surface area contributed by atoms with Crippen molar-refractivity contribution in [1.82, 2.24) is 9.62 Å². The molecular weight excluding hydrogens is 436 g/mol. The second-order valence-corrected chi connectivity index (χ2v) is 11.4. The van der Waals surface area contributed by atoms with E-state index in [1.807, 2.05) is 20.8 Å². The van der Waals surface area contributed by atoms with Gasteiger partial charge in [0, 0.05) is 18.1 Å². The van der Waals surface area contributed by atoms with Gasteiger partial charge in [-0.2, -0.15) is 16.1 Å². The van der Waals surface area contributed by atoms with Crippen LogP contribution in [0.4, 0.5) is 0 Å². The lowest BCUT2D eigenvalue weighted by atomic mass is 10.0. The van der Waals surface area contributed by atoms with Gasteiger partial charge in [-0.25, -0.2) is 13.2 Å². The van der Waals surface area contributed by atoms with E-state index in [9.17, 15) is 18.0 Å². The summed E-state index contributed by atoms with van der Waals surface area (Å²) in [5.74, 6) is 0.145. The van der Waals surface area contributed by atoms with Gasteiger partial charge in [0.15, 0.2) is 0 Å². The molecule has 1 amide bonds. The largest absolute Gasteiger partial charge is 0.461 e.